The molecule has 2 nitrogen and oxygen atoms in total. The molecule has 0 aliphatic rings. The van der Waals surface area contributed by atoms with Gasteiger partial charge in [-0.05, 0) is 24.3 Å². The molecule has 0 saturated heterocycles. The Morgan fingerprint density at radius 3 is 2.18 bits per heavy atom. The van der Waals surface area contributed by atoms with Crippen molar-refractivity contribution < 1.29 is 4.79 Å². The Labute approximate surface area is 68.5 Å². The van der Waals surface area contributed by atoms with Gasteiger partial charge >= 0.3 is 0 Å². The maximum Gasteiger partial charge on any atom is 0.241 e. The second-order valence-electron chi connectivity index (χ2n) is 3.10. The largest absolute Gasteiger partial charge is 0.366 e. The smallest absolute Gasteiger partial charge is 0.241 e. The van der Waals surface area contributed by atoms with Crippen molar-refractivity contribution in [2.45, 2.75) is 33.6 Å². The van der Waals surface area contributed by atoms with Crippen LogP contribution in [0.25, 0.3) is 0 Å². The number of allylic oxidation sites excluding steroid dienone is 1. The molecule has 0 fully saturated rings. The summed E-state index contributed by atoms with van der Waals surface area (Å²) in [5.74, 6) is -0.363. The molecule has 0 atom stereocenters. The number of carbonyl (C=O) groups excluding carboxylic acids is 1. The van der Waals surface area contributed by atoms with Crippen LogP contribution in [0.1, 0.15) is 33.6 Å². The van der Waals surface area contributed by atoms with Gasteiger partial charge in [-0.1, -0.05) is 26.8 Å². The highest BCUT2D eigenvalue weighted by Crippen LogP contribution is 2.26. The first kappa shape index (κ1) is 10.2. The van der Waals surface area contributed by atoms with E-state index in [1.807, 2.05) is 6.08 Å². The first-order valence-electron chi connectivity index (χ1n) is 4.02. The van der Waals surface area contributed by atoms with E-state index in [0.717, 1.165) is 12.8 Å². The highest BCUT2D eigenvalue weighted by Gasteiger charge is 2.14. The van der Waals surface area contributed by atoms with E-state index < -0.39 is 0 Å². The fraction of sp³-hybridized carbons (Fsp3) is 0.667. The molecule has 2 heteroatoms. The standard InChI is InChI=1S/C9H17NO/c1-4-9(3,5-2)7-6-8(10)11/h6-7H,4-5H2,1-3H3,(H2,10,11). The zero-order valence-corrected chi connectivity index (χ0v) is 7.55. The minimum absolute atomic E-state index is 0.134. The number of primary amides is 1. The second kappa shape index (κ2) is 4.16. The van der Waals surface area contributed by atoms with Crippen LogP contribution in [0.15, 0.2) is 12.2 Å². The van der Waals surface area contributed by atoms with Crippen molar-refractivity contribution in [1.29, 1.82) is 0 Å². The van der Waals surface area contributed by atoms with Gasteiger partial charge in [-0.15, -0.1) is 0 Å². The fourth-order valence-corrected chi connectivity index (χ4v) is 0.769. The van der Waals surface area contributed by atoms with Gasteiger partial charge in [-0.25, -0.2) is 0 Å². The molecule has 64 valence electrons. The van der Waals surface area contributed by atoms with Gasteiger partial charge in [0.15, 0.2) is 0 Å². The molecule has 0 aromatic rings. The summed E-state index contributed by atoms with van der Waals surface area (Å²) in [7, 11) is 0. The number of carbonyl (C=O) groups is 1. The summed E-state index contributed by atoms with van der Waals surface area (Å²) in [5.41, 5.74) is 5.12. The average molecular weight is 155 g/mol. The first-order chi connectivity index (χ1) is 5.04. The van der Waals surface area contributed by atoms with Crippen molar-refractivity contribution in [3.63, 3.8) is 0 Å². The van der Waals surface area contributed by atoms with E-state index in [-0.39, 0.29) is 11.3 Å². The topological polar surface area (TPSA) is 43.1 Å². The maximum atomic E-state index is 10.4. The Morgan fingerprint density at radius 2 is 1.91 bits per heavy atom. The van der Waals surface area contributed by atoms with Crippen molar-refractivity contribution >= 4 is 5.91 Å². The lowest BCUT2D eigenvalue weighted by Crippen LogP contribution is -2.13. The van der Waals surface area contributed by atoms with E-state index in [1.165, 1.54) is 6.08 Å². The van der Waals surface area contributed by atoms with Crippen LogP contribution in [0, 0.1) is 5.41 Å². The molecule has 0 saturated carbocycles. The van der Waals surface area contributed by atoms with Gasteiger partial charge in [0.1, 0.15) is 0 Å². The predicted octanol–water partition coefficient (Wildman–Crippen LogP) is 1.85. The van der Waals surface area contributed by atoms with E-state index in [1.54, 1.807) is 0 Å². The van der Waals surface area contributed by atoms with Gasteiger partial charge in [0.05, 0.1) is 0 Å². The molecule has 11 heavy (non-hydrogen) atoms. The van der Waals surface area contributed by atoms with Crippen molar-refractivity contribution in [2.75, 3.05) is 0 Å². The quantitative estimate of drug-likeness (QED) is 0.618. The zero-order chi connectivity index (χ0) is 8.91. The minimum Gasteiger partial charge on any atom is -0.366 e. The van der Waals surface area contributed by atoms with E-state index in [0.29, 0.717) is 0 Å². The molecule has 0 aliphatic heterocycles. The van der Waals surface area contributed by atoms with Crippen LogP contribution in [-0.4, -0.2) is 5.91 Å². The molecule has 0 rings (SSSR count). The molecule has 0 bridgehead atoms. The Balaban J connectivity index is 4.17. The van der Waals surface area contributed by atoms with Crippen molar-refractivity contribution in [3.05, 3.63) is 12.2 Å². The molecule has 0 aromatic heterocycles. The van der Waals surface area contributed by atoms with Crippen LogP contribution < -0.4 is 5.73 Å². The van der Waals surface area contributed by atoms with Crippen LogP contribution in [0.2, 0.25) is 0 Å². The van der Waals surface area contributed by atoms with Crippen molar-refractivity contribution in [3.8, 4) is 0 Å². The van der Waals surface area contributed by atoms with Gasteiger partial charge in [0, 0.05) is 0 Å². The van der Waals surface area contributed by atoms with Crippen LogP contribution in [0.3, 0.4) is 0 Å². The Bertz CT molecular complexity index is 157. The number of amides is 1. The van der Waals surface area contributed by atoms with Gasteiger partial charge in [-0.2, -0.15) is 0 Å². The van der Waals surface area contributed by atoms with Gasteiger partial charge < -0.3 is 5.73 Å². The third kappa shape index (κ3) is 3.81. The molecular formula is C9H17NO. The minimum atomic E-state index is -0.363. The predicted molar refractivity (Wildman–Crippen MR) is 47.0 cm³/mol. The average Bonchev–Trinajstić information content (AvgIpc) is 2.00. The number of hydrogen-bond acceptors (Lipinski definition) is 1. The molecule has 0 unspecified atom stereocenters. The summed E-state index contributed by atoms with van der Waals surface area (Å²) in [5, 5.41) is 0. The summed E-state index contributed by atoms with van der Waals surface area (Å²) in [6.45, 7) is 6.33. The Kier molecular flexibility index (Phi) is 3.86. The Hall–Kier alpha value is -0.790. The molecule has 0 aromatic carbocycles. The molecule has 0 heterocycles. The number of nitrogens with two attached hydrogens (primary N) is 1. The van der Waals surface area contributed by atoms with Crippen LogP contribution in [0.4, 0.5) is 0 Å². The molecular weight excluding hydrogens is 138 g/mol. The monoisotopic (exact) mass is 155 g/mol. The SMILES string of the molecule is CCC(C)(C=CC(N)=O)CC. The summed E-state index contributed by atoms with van der Waals surface area (Å²) < 4.78 is 0. The fourth-order valence-electron chi connectivity index (χ4n) is 0.769. The van der Waals surface area contributed by atoms with Gasteiger partial charge in [0.2, 0.25) is 5.91 Å². The second-order valence-corrected chi connectivity index (χ2v) is 3.10. The van der Waals surface area contributed by atoms with Gasteiger partial charge in [-0.3, -0.25) is 4.79 Å². The van der Waals surface area contributed by atoms with Crippen molar-refractivity contribution in [1.82, 2.24) is 0 Å². The molecule has 2 N–H and O–H groups in total. The molecule has 0 spiro atoms. The van der Waals surface area contributed by atoms with Crippen molar-refractivity contribution in [2.24, 2.45) is 11.1 Å². The summed E-state index contributed by atoms with van der Waals surface area (Å²) in [6.07, 6.45) is 5.42. The van der Waals surface area contributed by atoms with E-state index in [4.69, 9.17) is 5.73 Å². The lowest BCUT2D eigenvalue weighted by molar-refractivity contribution is -0.113. The molecule has 0 radical (unpaired) electrons. The number of rotatable bonds is 4. The summed E-state index contributed by atoms with van der Waals surface area (Å²) in [6, 6.07) is 0. The lowest BCUT2D eigenvalue weighted by Gasteiger charge is -2.21. The third-order valence-corrected chi connectivity index (χ3v) is 2.27. The third-order valence-electron chi connectivity index (χ3n) is 2.27. The van der Waals surface area contributed by atoms with Gasteiger partial charge in [0.25, 0.3) is 0 Å². The lowest BCUT2D eigenvalue weighted by atomic mass is 9.84. The van der Waals surface area contributed by atoms with Crippen LogP contribution >= 0.6 is 0 Å². The van der Waals surface area contributed by atoms with E-state index in [2.05, 4.69) is 20.8 Å². The summed E-state index contributed by atoms with van der Waals surface area (Å²) in [4.78, 5) is 10.4. The first-order valence-corrected chi connectivity index (χ1v) is 4.02. The van der Waals surface area contributed by atoms with Crippen LogP contribution in [0.5, 0.6) is 0 Å². The highest BCUT2D eigenvalue weighted by atomic mass is 16.1. The number of hydrogen-bond donors (Lipinski definition) is 1. The highest BCUT2D eigenvalue weighted by molar-refractivity contribution is 5.85. The Morgan fingerprint density at radius 1 is 1.45 bits per heavy atom. The maximum absolute atomic E-state index is 10.4. The van der Waals surface area contributed by atoms with E-state index >= 15 is 0 Å². The summed E-state index contributed by atoms with van der Waals surface area (Å²) >= 11 is 0. The van der Waals surface area contributed by atoms with Crippen LogP contribution in [-0.2, 0) is 4.79 Å². The normalized spacial score (nSPS) is 12.3. The zero-order valence-electron chi connectivity index (χ0n) is 7.55. The molecule has 0 aliphatic carbocycles. The van der Waals surface area contributed by atoms with E-state index in [9.17, 15) is 4.79 Å². The molecule has 1 amide bonds.